The molecule has 0 aliphatic heterocycles. The summed E-state index contributed by atoms with van der Waals surface area (Å²) < 4.78 is 22.0. The van der Waals surface area contributed by atoms with Crippen LogP contribution in [-0.4, -0.2) is 54.4 Å². The van der Waals surface area contributed by atoms with Gasteiger partial charge in [0.2, 0.25) is 0 Å². The molecule has 0 N–H and O–H groups in total. The molecule has 0 aromatic heterocycles. The molecule has 0 amide bonds. The predicted molar refractivity (Wildman–Crippen MR) is 122 cm³/mol. The summed E-state index contributed by atoms with van der Waals surface area (Å²) in [6.45, 7) is 19.0. The van der Waals surface area contributed by atoms with E-state index in [4.69, 9.17) is 18.3 Å². The van der Waals surface area contributed by atoms with E-state index in [-0.39, 0.29) is 32.2 Å². The monoisotopic (exact) mass is 458 g/mol. The van der Waals surface area contributed by atoms with E-state index in [1.807, 2.05) is 0 Å². The van der Waals surface area contributed by atoms with Gasteiger partial charge in [0.05, 0.1) is 5.41 Å². The first-order valence-electron chi connectivity index (χ1n) is 10.2. The van der Waals surface area contributed by atoms with Gasteiger partial charge in [-0.05, 0) is 45.2 Å². The van der Waals surface area contributed by atoms with E-state index < -0.39 is 34.0 Å². The number of hydrogen-bond donors (Lipinski definition) is 0. The molecule has 0 radical (unpaired) electrons. The molecule has 0 aromatic carbocycles. The van der Waals surface area contributed by atoms with Crippen molar-refractivity contribution in [3.63, 3.8) is 0 Å². The fourth-order valence-electron chi connectivity index (χ4n) is 2.92. The molecule has 0 aromatic rings. The summed E-state index contributed by atoms with van der Waals surface area (Å²) in [5.41, 5.74) is -0.882. The van der Waals surface area contributed by atoms with Crippen LogP contribution >= 0.6 is 0 Å². The number of rotatable bonds is 15. The van der Waals surface area contributed by atoms with E-state index in [0.29, 0.717) is 6.04 Å². The van der Waals surface area contributed by atoms with Crippen molar-refractivity contribution >= 4 is 34.5 Å². The molecule has 0 rings (SSSR count). The molecule has 0 atom stereocenters. The van der Waals surface area contributed by atoms with Crippen LogP contribution in [0.5, 0.6) is 0 Å². The molecular formula is C21H38O7Si2. The molecule has 7 nitrogen and oxygen atoms in total. The maximum Gasteiger partial charge on any atom is 0.330 e. The molecule has 0 aliphatic rings. The van der Waals surface area contributed by atoms with Gasteiger partial charge in [-0.2, -0.15) is 0 Å². The maximum atomic E-state index is 12.3. The molecular weight excluding hydrogens is 420 g/mol. The highest BCUT2D eigenvalue weighted by atomic mass is 28.4. The Labute approximate surface area is 183 Å². The molecule has 0 unspecified atom stereocenters. The molecule has 0 spiro atoms. The highest BCUT2D eigenvalue weighted by molar-refractivity contribution is 6.84. The summed E-state index contributed by atoms with van der Waals surface area (Å²) in [7, 11) is -3.70. The second kappa shape index (κ2) is 12.9. The minimum atomic E-state index is -1.98. The zero-order chi connectivity index (χ0) is 23.4. The number of carbonyl (C=O) groups is 3. The summed E-state index contributed by atoms with van der Waals surface area (Å²) in [4.78, 5) is 35.1. The molecule has 0 saturated heterocycles. The van der Waals surface area contributed by atoms with E-state index in [1.54, 1.807) is 6.92 Å². The number of carbonyl (C=O) groups excluding carboxylic acids is 3. The number of ether oxygens (including phenoxy) is 3. The van der Waals surface area contributed by atoms with Crippen LogP contribution in [0.2, 0.25) is 38.3 Å². The predicted octanol–water partition coefficient (Wildman–Crippen LogP) is 4.22. The summed E-state index contributed by atoms with van der Waals surface area (Å²) in [6.07, 6.45) is 3.43. The Balaban J connectivity index is 4.78. The van der Waals surface area contributed by atoms with Gasteiger partial charge in [-0.1, -0.05) is 26.5 Å². The third kappa shape index (κ3) is 12.8. The Morgan fingerprint density at radius 3 is 1.70 bits per heavy atom. The first kappa shape index (κ1) is 28.3. The van der Waals surface area contributed by atoms with Gasteiger partial charge in [-0.15, -0.1) is 0 Å². The minimum Gasteiger partial charge on any atom is -0.465 e. The van der Waals surface area contributed by atoms with E-state index in [1.165, 1.54) is 0 Å². The Bertz CT molecular complexity index is 590. The third-order valence-electron chi connectivity index (χ3n) is 4.38. The molecule has 172 valence electrons. The normalized spacial score (nSPS) is 12.1. The van der Waals surface area contributed by atoms with Gasteiger partial charge < -0.3 is 18.3 Å². The fourth-order valence-corrected chi connectivity index (χ4v) is 11.7. The first-order valence-corrected chi connectivity index (χ1v) is 16.5. The standard InChI is InChI=1S/C21H38O7Si2/c1-9-13-29(5,6)28-30(7,8)14-12-20(24)27-17-21(4,15-25-18(22)10-2)16-26-19(23)11-3/h10-11H,2-3,9,12-17H2,1,4-8H3. The van der Waals surface area contributed by atoms with Crippen LogP contribution in [0.25, 0.3) is 0 Å². The summed E-state index contributed by atoms with van der Waals surface area (Å²) in [6, 6.07) is 1.76. The van der Waals surface area contributed by atoms with Crippen molar-refractivity contribution in [2.45, 2.75) is 65.0 Å². The van der Waals surface area contributed by atoms with Crippen LogP contribution in [0.3, 0.4) is 0 Å². The fraction of sp³-hybridized carbons (Fsp3) is 0.667. The summed E-state index contributed by atoms with van der Waals surface area (Å²) in [5.74, 6) is -1.57. The zero-order valence-electron chi connectivity index (χ0n) is 19.4. The Morgan fingerprint density at radius 1 is 0.833 bits per heavy atom. The SMILES string of the molecule is C=CC(=O)OCC(C)(COC(=O)C=C)COC(=O)CC[Si](C)(C)O[Si](C)(C)CCC. The Hall–Kier alpha value is -1.72. The Morgan fingerprint density at radius 2 is 1.27 bits per heavy atom. The largest absolute Gasteiger partial charge is 0.465 e. The van der Waals surface area contributed by atoms with E-state index in [9.17, 15) is 14.4 Å². The van der Waals surface area contributed by atoms with Crippen molar-refractivity contribution in [3.8, 4) is 0 Å². The van der Waals surface area contributed by atoms with Crippen molar-refractivity contribution in [3.05, 3.63) is 25.3 Å². The molecule has 0 aliphatic carbocycles. The lowest BCUT2D eigenvalue weighted by atomic mass is 9.94. The lowest BCUT2D eigenvalue weighted by molar-refractivity contribution is -0.156. The zero-order valence-corrected chi connectivity index (χ0v) is 21.4. The van der Waals surface area contributed by atoms with Gasteiger partial charge in [0.1, 0.15) is 19.8 Å². The minimum absolute atomic E-state index is 0.0560. The average Bonchev–Trinajstić information content (AvgIpc) is 2.66. The molecule has 0 bridgehead atoms. The van der Waals surface area contributed by atoms with E-state index >= 15 is 0 Å². The average molecular weight is 459 g/mol. The number of esters is 3. The van der Waals surface area contributed by atoms with E-state index in [2.05, 4.69) is 46.3 Å². The van der Waals surface area contributed by atoms with E-state index in [0.717, 1.165) is 24.6 Å². The van der Waals surface area contributed by atoms with Gasteiger partial charge in [0, 0.05) is 18.6 Å². The summed E-state index contributed by atoms with van der Waals surface area (Å²) in [5, 5.41) is 0. The van der Waals surface area contributed by atoms with Crippen LogP contribution in [0.4, 0.5) is 0 Å². The van der Waals surface area contributed by atoms with Crippen molar-refractivity contribution in [1.29, 1.82) is 0 Å². The number of hydrogen-bond acceptors (Lipinski definition) is 7. The smallest absolute Gasteiger partial charge is 0.330 e. The van der Waals surface area contributed by atoms with Crippen molar-refractivity contribution in [2.75, 3.05) is 19.8 Å². The lowest BCUT2D eigenvalue weighted by Gasteiger charge is -2.34. The first-order chi connectivity index (χ1) is 13.8. The van der Waals surface area contributed by atoms with Crippen LogP contribution < -0.4 is 0 Å². The molecule has 9 heteroatoms. The summed E-state index contributed by atoms with van der Waals surface area (Å²) >= 11 is 0. The van der Waals surface area contributed by atoms with Gasteiger partial charge in [-0.25, -0.2) is 9.59 Å². The van der Waals surface area contributed by atoms with Gasteiger partial charge in [-0.3, -0.25) is 4.79 Å². The van der Waals surface area contributed by atoms with Crippen molar-refractivity contribution < 1.29 is 32.7 Å². The van der Waals surface area contributed by atoms with Gasteiger partial charge >= 0.3 is 17.9 Å². The van der Waals surface area contributed by atoms with Crippen LogP contribution in [0.1, 0.15) is 26.7 Å². The molecule has 0 heterocycles. The van der Waals surface area contributed by atoms with Crippen molar-refractivity contribution in [2.24, 2.45) is 5.41 Å². The van der Waals surface area contributed by atoms with Gasteiger partial charge in [0.15, 0.2) is 16.6 Å². The van der Waals surface area contributed by atoms with Crippen LogP contribution in [0.15, 0.2) is 25.3 Å². The molecule has 0 saturated carbocycles. The second-order valence-corrected chi connectivity index (χ2v) is 17.8. The second-order valence-electron chi connectivity index (χ2n) is 8.97. The molecule has 0 fully saturated rings. The lowest BCUT2D eigenvalue weighted by Crippen LogP contribution is -2.44. The maximum absolute atomic E-state index is 12.3. The van der Waals surface area contributed by atoms with Crippen LogP contribution in [0, 0.1) is 5.41 Å². The quantitative estimate of drug-likeness (QED) is 0.157. The highest BCUT2D eigenvalue weighted by Crippen LogP contribution is 2.24. The van der Waals surface area contributed by atoms with Gasteiger partial charge in [0.25, 0.3) is 0 Å². The topological polar surface area (TPSA) is 88.1 Å². The van der Waals surface area contributed by atoms with Crippen molar-refractivity contribution in [1.82, 2.24) is 0 Å². The van der Waals surface area contributed by atoms with Crippen LogP contribution in [-0.2, 0) is 32.7 Å². The third-order valence-corrected chi connectivity index (χ3v) is 12.0. The molecule has 30 heavy (non-hydrogen) atoms. The highest BCUT2D eigenvalue weighted by Gasteiger charge is 2.34. The Kier molecular flexibility index (Phi) is 12.1.